The van der Waals surface area contributed by atoms with Crippen molar-refractivity contribution in [3.05, 3.63) is 11.9 Å². The Kier molecular flexibility index (Phi) is 2.95. The van der Waals surface area contributed by atoms with Gasteiger partial charge in [0.1, 0.15) is 0 Å². The predicted octanol–water partition coefficient (Wildman–Crippen LogP) is 0.917. The summed E-state index contributed by atoms with van der Waals surface area (Å²) in [7, 11) is 1.99. The second-order valence-corrected chi connectivity index (χ2v) is 4.23. The average molecular weight is 208 g/mol. The molecule has 0 radical (unpaired) electrons. The van der Waals surface area contributed by atoms with Crippen LogP contribution in [0, 0.1) is 6.92 Å². The molecule has 0 aromatic carbocycles. The molecule has 2 heterocycles. The Morgan fingerprint density at radius 3 is 3.00 bits per heavy atom. The molecule has 1 N–H and O–H groups in total. The van der Waals surface area contributed by atoms with Crippen LogP contribution in [0.1, 0.15) is 19.0 Å². The first kappa shape index (κ1) is 10.5. The number of nitrogens with zero attached hydrogens (tertiary/aromatic N) is 3. The molecule has 0 spiro atoms. The summed E-state index contributed by atoms with van der Waals surface area (Å²) in [6, 6.07) is 0.613. The zero-order chi connectivity index (χ0) is 10.8. The number of hydrogen-bond donors (Lipinski definition) is 1. The lowest BCUT2D eigenvalue weighted by molar-refractivity contribution is 0.466. The molecule has 2 rings (SSSR count). The maximum Gasteiger partial charge on any atom is 0.0827 e. The molecule has 0 amide bonds. The zero-order valence-electron chi connectivity index (χ0n) is 9.82. The van der Waals surface area contributed by atoms with Crippen LogP contribution in [-0.2, 0) is 7.05 Å². The van der Waals surface area contributed by atoms with Gasteiger partial charge in [-0.2, -0.15) is 5.10 Å². The summed E-state index contributed by atoms with van der Waals surface area (Å²) in [6.45, 7) is 7.58. The highest BCUT2D eigenvalue weighted by atomic mass is 15.3. The van der Waals surface area contributed by atoms with Gasteiger partial charge in [-0.3, -0.25) is 4.68 Å². The van der Waals surface area contributed by atoms with Crippen LogP contribution in [0.2, 0.25) is 0 Å². The summed E-state index contributed by atoms with van der Waals surface area (Å²) < 4.78 is 1.90. The topological polar surface area (TPSA) is 33.1 Å². The van der Waals surface area contributed by atoms with Gasteiger partial charge in [-0.05, 0) is 13.3 Å². The van der Waals surface area contributed by atoms with E-state index in [-0.39, 0.29) is 0 Å². The highest BCUT2D eigenvalue weighted by Gasteiger charge is 2.23. The van der Waals surface area contributed by atoms with Gasteiger partial charge in [-0.1, -0.05) is 6.92 Å². The van der Waals surface area contributed by atoms with Crippen molar-refractivity contribution in [2.24, 2.45) is 7.05 Å². The van der Waals surface area contributed by atoms with Crippen LogP contribution < -0.4 is 10.2 Å². The molecule has 1 aromatic heterocycles. The number of piperazine rings is 1. The van der Waals surface area contributed by atoms with Gasteiger partial charge in [0.15, 0.2) is 0 Å². The fraction of sp³-hybridized carbons (Fsp3) is 0.727. The van der Waals surface area contributed by atoms with Crippen molar-refractivity contribution in [3.8, 4) is 0 Å². The number of nitrogens with one attached hydrogen (secondary N) is 1. The first-order valence-corrected chi connectivity index (χ1v) is 5.70. The van der Waals surface area contributed by atoms with Gasteiger partial charge in [-0.25, -0.2) is 0 Å². The minimum absolute atomic E-state index is 0.613. The highest BCUT2D eigenvalue weighted by molar-refractivity contribution is 5.50. The van der Waals surface area contributed by atoms with Crippen molar-refractivity contribution in [1.29, 1.82) is 0 Å². The van der Waals surface area contributed by atoms with E-state index < -0.39 is 0 Å². The molecular weight excluding hydrogens is 188 g/mol. The summed E-state index contributed by atoms with van der Waals surface area (Å²) in [5.41, 5.74) is 2.43. The summed E-state index contributed by atoms with van der Waals surface area (Å²) in [6.07, 6.45) is 3.31. The average Bonchev–Trinajstić information content (AvgIpc) is 2.57. The third-order valence-corrected chi connectivity index (χ3v) is 3.12. The van der Waals surface area contributed by atoms with Crippen LogP contribution in [0.25, 0.3) is 0 Å². The van der Waals surface area contributed by atoms with Crippen LogP contribution >= 0.6 is 0 Å². The number of aromatic nitrogens is 2. The Balaban J connectivity index is 2.23. The van der Waals surface area contributed by atoms with E-state index in [9.17, 15) is 0 Å². The molecule has 84 valence electrons. The minimum atomic E-state index is 0.613. The summed E-state index contributed by atoms with van der Waals surface area (Å²) >= 11 is 0. The molecule has 1 aliphatic heterocycles. The molecule has 4 heteroatoms. The fourth-order valence-electron chi connectivity index (χ4n) is 2.31. The molecule has 1 fully saturated rings. The Morgan fingerprint density at radius 1 is 1.60 bits per heavy atom. The van der Waals surface area contributed by atoms with Crippen LogP contribution in [-0.4, -0.2) is 35.5 Å². The molecule has 1 aliphatic rings. The predicted molar refractivity (Wildman–Crippen MR) is 62.2 cm³/mol. The van der Waals surface area contributed by atoms with Gasteiger partial charge >= 0.3 is 0 Å². The van der Waals surface area contributed by atoms with Crippen LogP contribution in [0.4, 0.5) is 5.69 Å². The van der Waals surface area contributed by atoms with Crippen molar-refractivity contribution >= 4 is 5.69 Å². The monoisotopic (exact) mass is 208 g/mol. The van der Waals surface area contributed by atoms with Crippen LogP contribution in [0.3, 0.4) is 0 Å². The van der Waals surface area contributed by atoms with Crippen molar-refractivity contribution in [2.45, 2.75) is 26.3 Å². The van der Waals surface area contributed by atoms with Gasteiger partial charge in [0.2, 0.25) is 0 Å². The third-order valence-electron chi connectivity index (χ3n) is 3.12. The summed E-state index contributed by atoms with van der Waals surface area (Å²) in [5.74, 6) is 0. The van der Waals surface area contributed by atoms with E-state index in [4.69, 9.17) is 0 Å². The lowest BCUT2D eigenvalue weighted by Crippen LogP contribution is -2.51. The molecule has 15 heavy (non-hydrogen) atoms. The fourth-order valence-corrected chi connectivity index (χ4v) is 2.31. The van der Waals surface area contributed by atoms with Crippen molar-refractivity contribution < 1.29 is 0 Å². The van der Waals surface area contributed by atoms with Gasteiger partial charge in [0.25, 0.3) is 0 Å². The zero-order valence-corrected chi connectivity index (χ0v) is 9.82. The lowest BCUT2D eigenvalue weighted by atomic mass is 10.1. The number of hydrogen-bond acceptors (Lipinski definition) is 3. The number of rotatable bonds is 2. The lowest BCUT2D eigenvalue weighted by Gasteiger charge is -2.37. The molecule has 1 unspecified atom stereocenters. The first-order chi connectivity index (χ1) is 7.22. The summed E-state index contributed by atoms with van der Waals surface area (Å²) in [4.78, 5) is 2.48. The second-order valence-electron chi connectivity index (χ2n) is 4.23. The minimum Gasteiger partial charge on any atom is -0.363 e. The van der Waals surface area contributed by atoms with E-state index >= 15 is 0 Å². The highest BCUT2D eigenvalue weighted by Crippen LogP contribution is 2.22. The molecule has 0 aliphatic carbocycles. The van der Waals surface area contributed by atoms with Gasteiger partial charge in [0, 0.05) is 38.9 Å². The Hall–Kier alpha value is -1.03. The molecule has 1 aromatic rings. The molecule has 4 nitrogen and oxygen atoms in total. The van der Waals surface area contributed by atoms with Gasteiger partial charge < -0.3 is 10.2 Å². The summed E-state index contributed by atoms with van der Waals surface area (Å²) in [5, 5.41) is 7.85. The first-order valence-electron chi connectivity index (χ1n) is 5.70. The Bertz CT molecular complexity index is 331. The van der Waals surface area contributed by atoms with E-state index in [0.29, 0.717) is 6.04 Å². The van der Waals surface area contributed by atoms with Crippen LogP contribution in [0.15, 0.2) is 6.20 Å². The number of aryl methyl sites for hydroxylation is 2. The molecule has 1 saturated heterocycles. The standard InChI is InChI=1S/C11H20N4/c1-4-10-7-12-5-6-15(10)11-8-14(3)13-9(11)2/h8,10,12H,4-7H2,1-3H3. The molecule has 0 saturated carbocycles. The van der Waals surface area contributed by atoms with Gasteiger partial charge in [-0.15, -0.1) is 0 Å². The van der Waals surface area contributed by atoms with Crippen molar-refractivity contribution in [1.82, 2.24) is 15.1 Å². The molecular formula is C11H20N4. The van der Waals surface area contributed by atoms with Crippen molar-refractivity contribution in [3.63, 3.8) is 0 Å². The van der Waals surface area contributed by atoms with E-state index in [1.165, 1.54) is 12.1 Å². The van der Waals surface area contributed by atoms with Crippen molar-refractivity contribution in [2.75, 3.05) is 24.5 Å². The second kappa shape index (κ2) is 4.23. The van der Waals surface area contributed by atoms with E-state index in [0.717, 1.165) is 25.3 Å². The smallest absolute Gasteiger partial charge is 0.0827 e. The van der Waals surface area contributed by atoms with E-state index in [1.54, 1.807) is 0 Å². The Labute approximate surface area is 91.3 Å². The molecule has 1 atom stereocenters. The van der Waals surface area contributed by atoms with Gasteiger partial charge in [0.05, 0.1) is 11.4 Å². The largest absolute Gasteiger partial charge is 0.363 e. The third kappa shape index (κ3) is 2.00. The van der Waals surface area contributed by atoms with E-state index in [2.05, 4.69) is 35.4 Å². The maximum absolute atomic E-state index is 4.41. The maximum atomic E-state index is 4.41. The normalized spacial score (nSPS) is 22.1. The Morgan fingerprint density at radius 2 is 2.40 bits per heavy atom. The number of anilines is 1. The van der Waals surface area contributed by atoms with Crippen LogP contribution in [0.5, 0.6) is 0 Å². The SMILES string of the molecule is CCC1CNCCN1c1cn(C)nc1C. The molecule has 0 bridgehead atoms. The van der Waals surface area contributed by atoms with E-state index in [1.807, 2.05) is 11.7 Å². The quantitative estimate of drug-likeness (QED) is 0.784.